The van der Waals surface area contributed by atoms with E-state index in [0.29, 0.717) is 113 Å². The summed E-state index contributed by atoms with van der Waals surface area (Å²) in [6.45, 7) is 7.66. The first-order chi connectivity index (χ1) is 40.7. The smallest absolute Gasteiger partial charge is 0.161 e. The molecule has 2 saturated heterocycles. The molecular formula is C66H78O17. The lowest BCUT2D eigenvalue weighted by Crippen LogP contribution is -2.22. The summed E-state index contributed by atoms with van der Waals surface area (Å²) in [6.07, 6.45) is 7.33. The summed E-state index contributed by atoms with van der Waals surface area (Å²) in [5, 5.41) is 9.62. The van der Waals surface area contributed by atoms with Crippen LogP contribution in [-0.2, 0) is 58.0 Å². The molecule has 0 radical (unpaired) electrons. The molecule has 2 aliphatic heterocycles. The lowest BCUT2D eigenvalue weighted by molar-refractivity contribution is -0.169. The number of rotatable bonds is 29. The highest BCUT2D eigenvalue weighted by Gasteiger charge is 2.24. The minimum atomic E-state index is -0.190. The zero-order valence-corrected chi connectivity index (χ0v) is 48.6. The van der Waals surface area contributed by atoms with E-state index >= 15 is 0 Å². The van der Waals surface area contributed by atoms with E-state index in [4.69, 9.17) is 75.8 Å². The molecule has 0 spiro atoms. The average Bonchev–Trinajstić information content (AvgIpc) is 3.66. The van der Waals surface area contributed by atoms with Gasteiger partial charge in [-0.05, 0) is 186 Å². The summed E-state index contributed by atoms with van der Waals surface area (Å²) in [5.41, 5.74) is 9.49. The van der Waals surface area contributed by atoms with Crippen LogP contribution in [0.1, 0.15) is 88.6 Å². The van der Waals surface area contributed by atoms with Crippen LogP contribution in [-0.4, -0.2) is 113 Å². The summed E-state index contributed by atoms with van der Waals surface area (Å²) in [5.74, 6) is 6.84. The Bertz CT molecular complexity index is 3000. The standard InChI is InChI=1S/C66H78O17/c1-43(39-80-55-17-14-44(38-67)26-56(55)68-2)40-81-64-37-52-31-48-33-60(72-6)62(76-24-22-74-53-18-15-45(27-57(53)69-3)41-82-65-12-8-10-20-78-65)35-50(48)29-47-32-59(71-5)63(36-51(47)30-49(52)34-61(64)73-7)77-25-23-75-54-19-16-46(28-58(54)70-4)42-83-66-13-9-11-21-79-66/h14-19,26-28,32-37,65-67H,1,8-13,20-25,29-31,38-42H2,2-7H3. The molecule has 6 aromatic carbocycles. The van der Waals surface area contributed by atoms with E-state index in [1.807, 2.05) is 54.6 Å². The highest BCUT2D eigenvalue weighted by atomic mass is 16.7. The van der Waals surface area contributed by atoms with Crippen LogP contribution in [0.25, 0.3) is 0 Å². The molecule has 0 bridgehead atoms. The summed E-state index contributed by atoms with van der Waals surface area (Å²) >= 11 is 0. The lowest BCUT2D eigenvalue weighted by Gasteiger charge is -2.22. The van der Waals surface area contributed by atoms with Crippen molar-refractivity contribution < 1.29 is 80.9 Å². The largest absolute Gasteiger partial charge is 0.493 e. The number of fused-ring (bicyclic) bond motifs is 3. The summed E-state index contributed by atoms with van der Waals surface area (Å²) in [6, 6.07) is 29.1. The van der Waals surface area contributed by atoms with Crippen LogP contribution in [0.3, 0.4) is 0 Å². The van der Waals surface area contributed by atoms with E-state index in [1.165, 1.54) is 0 Å². The van der Waals surface area contributed by atoms with Gasteiger partial charge in [0.25, 0.3) is 0 Å². The monoisotopic (exact) mass is 1140 g/mol. The van der Waals surface area contributed by atoms with Crippen molar-refractivity contribution in [3.63, 3.8) is 0 Å². The number of methoxy groups -OCH3 is 6. The number of ether oxygens (including phenoxy) is 16. The Hall–Kier alpha value is -7.54. The quantitative estimate of drug-likeness (QED) is 0.0347. The molecule has 2 unspecified atom stereocenters. The summed E-state index contributed by atoms with van der Waals surface area (Å²) in [4.78, 5) is 0. The first-order valence-corrected chi connectivity index (χ1v) is 28.3. The van der Waals surface area contributed by atoms with Gasteiger partial charge < -0.3 is 80.9 Å². The van der Waals surface area contributed by atoms with E-state index in [-0.39, 0.29) is 58.8 Å². The maximum atomic E-state index is 9.62. The fraction of sp³-hybridized carbons (Fsp3) is 0.424. The van der Waals surface area contributed by atoms with Crippen molar-refractivity contribution in [1.29, 1.82) is 0 Å². The van der Waals surface area contributed by atoms with Gasteiger partial charge in [-0.25, -0.2) is 0 Å². The zero-order valence-electron chi connectivity index (χ0n) is 48.6. The van der Waals surface area contributed by atoms with Gasteiger partial charge in [0, 0.05) is 13.2 Å². The fourth-order valence-electron chi connectivity index (χ4n) is 10.2. The molecule has 17 nitrogen and oxygen atoms in total. The molecule has 6 aromatic rings. The Kier molecular flexibility index (Phi) is 21.8. The first kappa shape index (κ1) is 60.1. The topological polar surface area (TPSA) is 168 Å². The summed E-state index contributed by atoms with van der Waals surface area (Å²) < 4.78 is 96.5. The third kappa shape index (κ3) is 16.2. The molecular weight excluding hydrogens is 1060 g/mol. The van der Waals surface area contributed by atoms with E-state index < -0.39 is 0 Å². The number of benzene rings is 6. The van der Waals surface area contributed by atoms with Crippen LogP contribution in [0.4, 0.5) is 0 Å². The van der Waals surface area contributed by atoms with Gasteiger partial charge in [-0.3, -0.25) is 0 Å². The van der Waals surface area contributed by atoms with Crippen LogP contribution in [0.15, 0.2) is 103 Å². The van der Waals surface area contributed by atoms with Crippen LogP contribution >= 0.6 is 0 Å². The summed E-state index contributed by atoms with van der Waals surface area (Å²) in [7, 11) is 9.72. The van der Waals surface area contributed by atoms with Crippen molar-refractivity contribution >= 4 is 0 Å². The van der Waals surface area contributed by atoms with Crippen LogP contribution in [0.2, 0.25) is 0 Å². The Morgan fingerprint density at radius 3 is 1.07 bits per heavy atom. The normalized spacial score (nSPS) is 15.6. The molecule has 2 fully saturated rings. The van der Waals surface area contributed by atoms with Crippen LogP contribution < -0.4 is 56.8 Å². The Morgan fingerprint density at radius 2 is 0.711 bits per heavy atom. The van der Waals surface area contributed by atoms with Gasteiger partial charge in [0.15, 0.2) is 81.6 Å². The predicted octanol–water partition coefficient (Wildman–Crippen LogP) is 11.3. The van der Waals surface area contributed by atoms with Crippen molar-refractivity contribution in [3.05, 3.63) is 153 Å². The first-order valence-electron chi connectivity index (χ1n) is 28.3. The third-order valence-corrected chi connectivity index (χ3v) is 14.7. The molecule has 2 atom stereocenters. The van der Waals surface area contributed by atoms with Crippen molar-refractivity contribution in [2.75, 3.05) is 95.5 Å². The van der Waals surface area contributed by atoms with Crippen molar-refractivity contribution in [1.82, 2.24) is 0 Å². The van der Waals surface area contributed by atoms with Gasteiger partial charge in [0.2, 0.25) is 0 Å². The fourth-order valence-corrected chi connectivity index (χ4v) is 10.2. The van der Waals surface area contributed by atoms with Gasteiger partial charge in [0.05, 0.1) is 62.5 Å². The second-order valence-electron chi connectivity index (χ2n) is 20.4. The van der Waals surface area contributed by atoms with Crippen molar-refractivity contribution in [3.8, 4) is 69.0 Å². The SMILES string of the molecule is C=C(COc1ccc(CO)cc1OC)COc1cc2c(cc1OC)Cc1cc(OCCOc3ccc(COC4CCCCO4)cc3OC)c(OC)cc1Cc1cc(OCCOc3ccc(COC4CCCCO4)cc3OC)c(OC)cc1C2. The maximum Gasteiger partial charge on any atom is 0.161 e. The van der Waals surface area contributed by atoms with Gasteiger partial charge in [-0.2, -0.15) is 0 Å². The molecule has 0 saturated carbocycles. The molecule has 17 heteroatoms. The minimum absolute atomic E-state index is 0.110. The van der Waals surface area contributed by atoms with Gasteiger partial charge in [0.1, 0.15) is 39.6 Å². The van der Waals surface area contributed by atoms with Gasteiger partial charge >= 0.3 is 0 Å². The Balaban J connectivity index is 0.939. The Labute approximate surface area is 487 Å². The highest BCUT2D eigenvalue weighted by Crippen LogP contribution is 2.42. The molecule has 83 heavy (non-hydrogen) atoms. The van der Waals surface area contributed by atoms with Gasteiger partial charge in [-0.1, -0.05) is 24.8 Å². The number of aliphatic hydroxyl groups is 1. The van der Waals surface area contributed by atoms with Crippen molar-refractivity contribution in [2.24, 2.45) is 0 Å². The molecule has 0 amide bonds. The highest BCUT2D eigenvalue weighted by molar-refractivity contribution is 5.58. The van der Waals surface area contributed by atoms with Gasteiger partial charge in [-0.15, -0.1) is 0 Å². The molecule has 2 heterocycles. The Morgan fingerprint density at radius 1 is 0.398 bits per heavy atom. The molecule has 9 rings (SSSR count). The van der Waals surface area contributed by atoms with E-state index in [9.17, 15) is 5.11 Å². The second-order valence-corrected chi connectivity index (χ2v) is 20.4. The predicted molar refractivity (Wildman–Crippen MR) is 311 cm³/mol. The number of hydrogen-bond acceptors (Lipinski definition) is 17. The van der Waals surface area contributed by atoms with E-state index in [2.05, 4.69) is 24.8 Å². The zero-order chi connectivity index (χ0) is 57.9. The van der Waals surface area contributed by atoms with Crippen LogP contribution in [0, 0.1) is 0 Å². The van der Waals surface area contributed by atoms with Crippen molar-refractivity contribution in [2.45, 2.75) is 90.2 Å². The molecule has 1 N–H and O–H groups in total. The molecule has 1 aliphatic carbocycles. The van der Waals surface area contributed by atoms with E-state index in [0.717, 1.165) is 96.2 Å². The molecule has 444 valence electrons. The number of aliphatic hydroxyl groups excluding tert-OH is 1. The molecule has 3 aliphatic rings. The second kappa shape index (κ2) is 30.1. The molecule has 0 aromatic heterocycles. The average molecular weight is 1140 g/mol. The lowest BCUT2D eigenvalue weighted by atomic mass is 9.94. The van der Waals surface area contributed by atoms with Crippen LogP contribution in [0.5, 0.6) is 69.0 Å². The third-order valence-electron chi connectivity index (χ3n) is 14.7. The van der Waals surface area contributed by atoms with E-state index in [1.54, 1.807) is 60.9 Å². The maximum absolute atomic E-state index is 9.62. The minimum Gasteiger partial charge on any atom is -0.493 e. The number of hydrogen-bond donors (Lipinski definition) is 1.